The fourth-order valence-electron chi connectivity index (χ4n) is 2.60. The summed E-state index contributed by atoms with van der Waals surface area (Å²) in [4.78, 5) is 13.8. The molecule has 128 valence electrons. The van der Waals surface area contributed by atoms with Crippen LogP contribution in [0.3, 0.4) is 0 Å². The lowest BCUT2D eigenvalue weighted by Crippen LogP contribution is -2.32. The highest BCUT2D eigenvalue weighted by atomic mass is 19.4. The van der Waals surface area contributed by atoms with E-state index in [1.165, 1.54) is 11.0 Å². The summed E-state index contributed by atoms with van der Waals surface area (Å²) in [7, 11) is 0. The van der Waals surface area contributed by atoms with Crippen LogP contribution in [0.25, 0.3) is 0 Å². The first kappa shape index (κ1) is 17.6. The van der Waals surface area contributed by atoms with Crippen LogP contribution < -0.4 is 5.73 Å². The van der Waals surface area contributed by atoms with Crippen molar-refractivity contribution < 1.29 is 22.7 Å². The molecule has 0 unspecified atom stereocenters. The SMILES string of the molecule is CCCCO[C@@H]1CCN(C(=O)c2ccc(N)cc2C(F)(F)F)C1. The maximum Gasteiger partial charge on any atom is 0.417 e. The number of hydrogen-bond donors (Lipinski definition) is 1. The number of amides is 1. The van der Waals surface area contributed by atoms with Crippen molar-refractivity contribution in [2.75, 3.05) is 25.4 Å². The lowest BCUT2D eigenvalue weighted by Gasteiger charge is -2.20. The smallest absolute Gasteiger partial charge is 0.399 e. The van der Waals surface area contributed by atoms with Gasteiger partial charge in [-0.2, -0.15) is 13.2 Å². The molecule has 0 aromatic heterocycles. The first-order valence-corrected chi connectivity index (χ1v) is 7.70. The van der Waals surface area contributed by atoms with Gasteiger partial charge in [-0.25, -0.2) is 0 Å². The monoisotopic (exact) mass is 330 g/mol. The Balaban J connectivity index is 2.10. The number of nitrogens with zero attached hydrogens (tertiary/aromatic N) is 1. The molecule has 1 aromatic carbocycles. The number of unbranched alkanes of at least 4 members (excludes halogenated alkanes) is 1. The molecule has 1 aliphatic rings. The summed E-state index contributed by atoms with van der Waals surface area (Å²) in [5, 5.41) is 0. The zero-order chi connectivity index (χ0) is 17.0. The lowest BCUT2D eigenvalue weighted by molar-refractivity contribution is -0.138. The van der Waals surface area contributed by atoms with Crippen molar-refractivity contribution >= 4 is 11.6 Å². The number of halogens is 3. The van der Waals surface area contributed by atoms with Crippen LogP contribution in [0.1, 0.15) is 42.1 Å². The van der Waals surface area contributed by atoms with Gasteiger partial charge in [-0.3, -0.25) is 4.79 Å². The number of carbonyl (C=O) groups excluding carboxylic acids is 1. The third-order valence-electron chi connectivity index (χ3n) is 3.86. The van der Waals surface area contributed by atoms with Gasteiger partial charge in [-0.1, -0.05) is 13.3 Å². The van der Waals surface area contributed by atoms with Gasteiger partial charge in [0, 0.05) is 25.4 Å². The molecule has 7 heteroatoms. The molecule has 1 aromatic rings. The number of ether oxygens (including phenoxy) is 1. The third-order valence-corrected chi connectivity index (χ3v) is 3.86. The Bertz CT molecular complexity index is 561. The summed E-state index contributed by atoms with van der Waals surface area (Å²) in [5.74, 6) is -0.626. The van der Waals surface area contributed by atoms with Crippen LogP contribution >= 0.6 is 0 Å². The third kappa shape index (κ3) is 4.37. The highest BCUT2D eigenvalue weighted by Crippen LogP contribution is 2.34. The Hall–Kier alpha value is -1.76. The maximum absolute atomic E-state index is 13.1. The maximum atomic E-state index is 13.1. The predicted octanol–water partition coefficient (Wildman–Crippen LogP) is 3.32. The molecule has 0 aliphatic carbocycles. The van der Waals surface area contributed by atoms with E-state index in [-0.39, 0.29) is 17.4 Å². The summed E-state index contributed by atoms with van der Waals surface area (Å²) in [6.07, 6.45) is -2.13. The predicted molar refractivity (Wildman–Crippen MR) is 81.0 cm³/mol. The van der Waals surface area contributed by atoms with Crippen LogP contribution in [0.2, 0.25) is 0 Å². The van der Waals surface area contributed by atoms with E-state index < -0.39 is 17.6 Å². The topological polar surface area (TPSA) is 55.6 Å². The summed E-state index contributed by atoms with van der Waals surface area (Å²) in [6.45, 7) is 3.38. The minimum atomic E-state index is -4.61. The zero-order valence-electron chi connectivity index (χ0n) is 13.0. The molecule has 1 fully saturated rings. The van der Waals surface area contributed by atoms with Crippen molar-refractivity contribution in [3.8, 4) is 0 Å². The van der Waals surface area contributed by atoms with Gasteiger partial charge < -0.3 is 15.4 Å². The van der Waals surface area contributed by atoms with E-state index in [0.717, 1.165) is 25.0 Å². The number of hydrogen-bond acceptors (Lipinski definition) is 3. The summed E-state index contributed by atoms with van der Waals surface area (Å²) in [6, 6.07) is 3.26. The molecule has 1 aliphatic heterocycles. The average Bonchev–Trinajstić information content (AvgIpc) is 2.95. The Morgan fingerprint density at radius 1 is 1.43 bits per heavy atom. The van der Waals surface area contributed by atoms with Crippen LogP contribution in [-0.4, -0.2) is 36.6 Å². The first-order chi connectivity index (χ1) is 10.8. The number of nitrogens with two attached hydrogens (primary N) is 1. The number of nitrogen functional groups attached to an aromatic ring is 1. The highest BCUT2D eigenvalue weighted by Gasteiger charge is 2.37. The minimum absolute atomic E-state index is 0.0175. The number of rotatable bonds is 5. The molecular formula is C16H21F3N2O2. The van der Waals surface area contributed by atoms with E-state index >= 15 is 0 Å². The van der Waals surface area contributed by atoms with Crippen molar-refractivity contribution in [1.82, 2.24) is 4.90 Å². The molecule has 1 saturated heterocycles. The minimum Gasteiger partial charge on any atom is -0.399 e. The van der Waals surface area contributed by atoms with Crippen molar-refractivity contribution in [2.24, 2.45) is 0 Å². The van der Waals surface area contributed by atoms with Crippen LogP contribution in [0.4, 0.5) is 18.9 Å². The fraction of sp³-hybridized carbons (Fsp3) is 0.562. The van der Waals surface area contributed by atoms with Crippen LogP contribution in [-0.2, 0) is 10.9 Å². The van der Waals surface area contributed by atoms with Gasteiger partial charge in [-0.05, 0) is 31.0 Å². The van der Waals surface area contributed by atoms with Crippen molar-refractivity contribution in [3.63, 3.8) is 0 Å². The molecule has 1 heterocycles. The summed E-state index contributed by atoms with van der Waals surface area (Å²) < 4.78 is 45.0. The number of carbonyl (C=O) groups is 1. The van der Waals surface area contributed by atoms with E-state index in [1.807, 2.05) is 6.92 Å². The number of likely N-dealkylation sites (tertiary alicyclic amines) is 1. The van der Waals surface area contributed by atoms with Crippen molar-refractivity contribution in [2.45, 2.75) is 38.5 Å². The van der Waals surface area contributed by atoms with Crippen LogP contribution in [0.5, 0.6) is 0 Å². The van der Waals surface area contributed by atoms with Gasteiger partial charge in [-0.15, -0.1) is 0 Å². The van der Waals surface area contributed by atoms with E-state index in [4.69, 9.17) is 10.5 Å². The Morgan fingerprint density at radius 3 is 2.83 bits per heavy atom. The molecule has 2 N–H and O–H groups in total. The van der Waals surface area contributed by atoms with E-state index in [9.17, 15) is 18.0 Å². The van der Waals surface area contributed by atoms with Crippen molar-refractivity contribution in [3.05, 3.63) is 29.3 Å². The lowest BCUT2D eigenvalue weighted by atomic mass is 10.0. The van der Waals surface area contributed by atoms with Gasteiger partial charge >= 0.3 is 6.18 Å². The molecule has 1 amide bonds. The second-order valence-corrected chi connectivity index (χ2v) is 5.69. The fourth-order valence-corrected chi connectivity index (χ4v) is 2.60. The number of alkyl halides is 3. The van der Waals surface area contributed by atoms with Crippen LogP contribution in [0.15, 0.2) is 18.2 Å². The molecule has 0 bridgehead atoms. The average molecular weight is 330 g/mol. The largest absolute Gasteiger partial charge is 0.417 e. The number of benzene rings is 1. The van der Waals surface area contributed by atoms with Gasteiger partial charge in [0.05, 0.1) is 17.2 Å². The number of anilines is 1. The second-order valence-electron chi connectivity index (χ2n) is 5.69. The van der Waals surface area contributed by atoms with E-state index in [1.54, 1.807) is 0 Å². The quantitative estimate of drug-likeness (QED) is 0.665. The van der Waals surface area contributed by atoms with Gasteiger partial charge in [0.15, 0.2) is 0 Å². The van der Waals surface area contributed by atoms with Crippen LogP contribution in [0, 0.1) is 0 Å². The van der Waals surface area contributed by atoms with Gasteiger partial charge in [0.25, 0.3) is 5.91 Å². The normalized spacial score (nSPS) is 18.4. The molecule has 2 rings (SSSR count). The molecule has 0 spiro atoms. The Labute approximate surface area is 133 Å². The molecule has 0 saturated carbocycles. The Kier molecular flexibility index (Phi) is 5.51. The highest BCUT2D eigenvalue weighted by molar-refractivity contribution is 5.96. The van der Waals surface area contributed by atoms with E-state index in [0.29, 0.717) is 26.1 Å². The van der Waals surface area contributed by atoms with E-state index in [2.05, 4.69) is 0 Å². The molecule has 23 heavy (non-hydrogen) atoms. The van der Waals surface area contributed by atoms with Gasteiger partial charge in [0.2, 0.25) is 0 Å². The molecule has 4 nitrogen and oxygen atoms in total. The Morgan fingerprint density at radius 2 is 2.17 bits per heavy atom. The summed E-state index contributed by atoms with van der Waals surface area (Å²) >= 11 is 0. The summed E-state index contributed by atoms with van der Waals surface area (Å²) in [5.41, 5.74) is 4.06. The first-order valence-electron chi connectivity index (χ1n) is 7.70. The van der Waals surface area contributed by atoms with Gasteiger partial charge in [0.1, 0.15) is 0 Å². The molecular weight excluding hydrogens is 309 g/mol. The molecule has 0 radical (unpaired) electrons. The standard InChI is InChI=1S/C16H21F3N2O2/c1-2-3-8-23-12-6-7-21(10-12)15(22)13-5-4-11(20)9-14(13)16(17,18)19/h4-5,9,12H,2-3,6-8,10,20H2,1H3/t12-/m1/s1. The second kappa shape index (κ2) is 7.21. The van der Waals surface area contributed by atoms with Crippen molar-refractivity contribution in [1.29, 1.82) is 0 Å². The zero-order valence-corrected chi connectivity index (χ0v) is 13.0. The molecule has 1 atom stereocenters.